The number of methoxy groups -OCH3 is 1. The van der Waals surface area contributed by atoms with E-state index in [4.69, 9.17) is 15.4 Å². The van der Waals surface area contributed by atoms with Gasteiger partial charge in [0.25, 0.3) is 5.92 Å². The zero-order valence-corrected chi connectivity index (χ0v) is 19.7. The Labute approximate surface area is 207 Å². The maximum atomic E-state index is 14.7. The second-order valence-corrected chi connectivity index (χ2v) is 8.53. The summed E-state index contributed by atoms with van der Waals surface area (Å²) in [5, 5.41) is 21.5. The molecule has 1 aliphatic rings. The van der Waals surface area contributed by atoms with Crippen molar-refractivity contribution in [3.8, 4) is 17.0 Å². The van der Waals surface area contributed by atoms with Gasteiger partial charge in [0.2, 0.25) is 11.8 Å². The second kappa shape index (κ2) is 10.4. The lowest BCUT2D eigenvalue weighted by atomic mass is 10.0. The highest BCUT2D eigenvalue weighted by Gasteiger charge is 2.45. The molecular weight excluding hydrogens is 503 g/mol. The van der Waals surface area contributed by atoms with Crippen molar-refractivity contribution in [3.05, 3.63) is 30.5 Å². The van der Waals surface area contributed by atoms with Crippen molar-refractivity contribution in [1.29, 1.82) is 5.53 Å². The Kier molecular flexibility index (Phi) is 7.45. The van der Waals surface area contributed by atoms with Gasteiger partial charge in [-0.25, -0.2) is 18.8 Å². The number of likely N-dealkylation sites (tertiary alicyclic amines) is 1. The molecule has 1 aliphatic heterocycles. The Morgan fingerprint density at radius 1 is 1.30 bits per heavy atom. The van der Waals surface area contributed by atoms with Crippen LogP contribution in [0.1, 0.15) is 6.42 Å². The number of hydrogen-bond acceptors (Lipinski definition) is 9. The average molecular weight is 528 g/mol. The number of anilines is 2. The fourth-order valence-electron chi connectivity index (χ4n) is 4.24. The van der Waals surface area contributed by atoms with Crippen molar-refractivity contribution in [1.82, 2.24) is 19.5 Å². The van der Waals surface area contributed by atoms with Crippen LogP contribution < -0.4 is 15.4 Å². The number of alkyl halides is 5. The zero-order chi connectivity index (χ0) is 26.8. The van der Waals surface area contributed by atoms with Gasteiger partial charge in [-0.05, 0) is 30.2 Å². The Hall–Kier alpha value is -3.59. The first-order valence-electron chi connectivity index (χ1n) is 11.3. The number of aliphatic hydroxyl groups excluding tert-OH is 1. The van der Waals surface area contributed by atoms with Crippen molar-refractivity contribution in [3.63, 3.8) is 0 Å². The second-order valence-electron chi connectivity index (χ2n) is 8.53. The van der Waals surface area contributed by atoms with Crippen LogP contribution in [0.2, 0.25) is 0 Å². The number of ether oxygens (including phenoxy) is 1. The third-order valence-corrected chi connectivity index (χ3v) is 5.98. The van der Waals surface area contributed by atoms with E-state index in [9.17, 15) is 22.0 Å². The molecule has 0 unspecified atom stereocenters. The first-order valence-corrected chi connectivity index (χ1v) is 11.3. The highest BCUT2D eigenvalue weighted by atomic mass is 19.4. The SMILES string of the molecule is COc1nc(N[C@@H]2CCN(CCO)CC2(F)F)nn2ccc(-c3ccc(N=N)c(NCC(F)(F)F)c3)c12. The summed E-state index contributed by atoms with van der Waals surface area (Å²) in [5.74, 6) is -3.11. The van der Waals surface area contributed by atoms with Crippen LogP contribution in [0.5, 0.6) is 5.88 Å². The van der Waals surface area contributed by atoms with Crippen LogP contribution >= 0.6 is 0 Å². The van der Waals surface area contributed by atoms with E-state index in [-0.39, 0.29) is 42.8 Å². The van der Waals surface area contributed by atoms with Gasteiger partial charge in [0, 0.05) is 24.8 Å². The quantitative estimate of drug-likeness (QED) is 0.243. The first kappa shape index (κ1) is 26.5. The molecule has 10 nitrogen and oxygen atoms in total. The van der Waals surface area contributed by atoms with E-state index in [0.29, 0.717) is 23.2 Å². The van der Waals surface area contributed by atoms with Gasteiger partial charge in [-0.3, -0.25) is 4.90 Å². The van der Waals surface area contributed by atoms with E-state index in [0.717, 1.165) is 0 Å². The molecule has 15 heteroatoms. The lowest BCUT2D eigenvalue weighted by molar-refractivity contribution is -0.115. The number of β-amino-alcohol motifs (C(OH)–C–C–N with tert-alkyl or cyclic N) is 1. The molecule has 4 rings (SSSR count). The van der Waals surface area contributed by atoms with Crippen molar-refractivity contribution >= 4 is 22.8 Å². The monoisotopic (exact) mass is 528 g/mol. The average Bonchev–Trinajstić information content (AvgIpc) is 3.27. The molecule has 2 aromatic heterocycles. The molecule has 1 aromatic carbocycles. The minimum atomic E-state index is -4.47. The predicted octanol–water partition coefficient (Wildman–Crippen LogP) is 4.16. The van der Waals surface area contributed by atoms with Gasteiger partial charge < -0.3 is 20.5 Å². The van der Waals surface area contributed by atoms with E-state index in [1.54, 1.807) is 18.3 Å². The van der Waals surface area contributed by atoms with Crippen molar-refractivity contribution < 1.29 is 31.8 Å². The summed E-state index contributed by atoms with van der Waals surface area (Å²) in [7, 11) is 1.35. The molecule has 3 heterocycles. The number of halogens is 5. The van der Waals surface area contributed by atoms with Crippen LogP contribution in [-0.2, 0) is 0 Å². The molecule has 0 aliphatic carbocycles. The van der Waals surface area contributed by atoms with Crippen molar-refractivity contribution in [2.75, 3.05) is 50.5 Å². The molecule has 1 fully saturated rings. The van der Waals surface area contributed by atoms with E-state index < -0.39 is 31.2 Å². The van der Waals surface area contributed by atoms with Gasteiger partial charge in [0.1, 0.15) is 17.7 Å². The fraction of sp³-hybridized carbons (Fsp3) is 0.455. The molecule has 0 spiro atoms. The van der Waals surface area contributed by atoms with Crippen LogP contribution in [0, 0.1) is 5.53 Å². The smallest absolute Gasteiger partial charge is 0.405 e. The number of benzene rings is 1. The number of aromatic nitrogens is 3. The van der Waals surface area contributed by atoms with Gasteiger partial charge in [-0.2, -0.15) is 23.3 Å². The van der Waals surface area contributed by atoms with E-state index >= 15 is 0 Å². The van der Waals surface area contributed by atoms with E-state index in [1.807, 2.05) is 0 Å². The highest BCUT2D eigenvalue weighted by molar-refractivity contribution is 5.87. The van der Waals surface area contributed by atoms with E-state index in [2.05, 4.69) is 25.8 Å². The van der Waals surface area contributed by atoms with Gasteiger partial charge in [-0.1, -0.05) is 6.07 Å². The Balaban J connectivity index is 1.64. The van der Waals surface area contributed by atoms with Gasteiger partial charge in [0.15, 0.2) is 0 Å². The molecule has 200 valence electrons. The number of nitrogens with one attached hydrogen (secondary N) is 3. The zero-order valence-electron chi connectivity index (χ0n) is 19.7. The van der Waals surface area contributed by atoms with Gasteiger partial charge in [0.05, 0.1) is 32.0 Å². The van der Waals surface area contributed by atoms with Gasteiger partial charge in [-0.15, -0.1) is 5.10 Å². The number of aliphatic hydroxyl groups is 1. The van der Waals surface area contributed by atoms with Crippen molar-refractivity contribution in [2.24, 2.45) is 5.11 Å². The predicted molar refractivity (Wildman–Crippen MR) is 125 cm³/mol. The molecule has 0 bridgehead atoms. The molecule has 0 radical (unpaired) electrons. The normalized spacial score (nSPS) is 18.1. The van der Waals surface area contributed by atoms with Crippen LogP contribution in [0.15, 0.2) is 35.6 Å². The largest absolute Gasteiger partial charge is 0.479 e. The maximum absolute atomic E-state index is 14.7. The first-order chi connectivity index (χ1) is 17.5. The highest BCUT2D eigenvalue weighted by Crippen LogP contribution is 2.37. The molecule has 3 aromatic rings. The van der Waals surface area contributed by atoms with Gasteiger partial charge >= 0.3 is 6.18 Å². The third-order valence-electron chi connectivity index (χ3n) is 5.98. The number of nitrogens with zero attached hydrogens (tertiary/aromatic N) is 5. The molecule has 1 saturated heterocycles. The maximum Gasteiger partial charge on any atom is 0.405 e. The summed E-state index contributed by atoms with van der Waals surface area (Å²) < 4.78 is 74.4. The molecular formula is C22H25F5N8O2. The minimum absolute atomic E-state index is 0.0112. The molecule has 4 N–H and O–H groups in total. The summed E-state index contributed by atoms with van der Waals surface area (Å²) in [5.41, 5.74) is 8.63. The Morgan fingerprint density at radius 3 is 2.73 bits per heavy atom. The lowest BCUT2D eigenvalue weighted by Gasteiger charge is -2.38. The lowest BCUT2D eigenvalue weighted by Crippen LogP contribution is -2.55. The summed E-state index contributed by atoms with van der Waals surface area (Å²) in [4.78, 5) is 5.74. The molecule has 1 atom stereocenters. The Bertz CT molecular complexity index is 1270. The standard InChI is InChI=1S/C22H25F5N8O2/c1-37-19-18-14(13-2-3-15(32-28)16(10-13)29-11-22(25,26)27)4-7-35(18)33-20(31-19)30-17-5-6-34(8-9-36)12-21(17,23)24/h2-4,7,10,17,28-29,36H,5-6,8-9,11-12H2,1H3,(H,30,33)/t17-/m1/s1. The molecule has 37 heavy (non-hydrogen) atoms. The minimum Gasteiger partial charge on any atom is -0.479 e. The van der Waals surface area contributed by atoms with Crippen LogP contribution in [0.4, 0.5) is 39.3 Å². The van der Waals surface area contributed by atoms with E-state index in [1.165, 1.54) is 28.7 Å². The Morgan fingerprint density at radius 2 is 2.08 bits per heavy atom. The third kappa shape index (κ3) is 5.88. The van der Waals surface area contributed by atoms with Crippen LogP contribution in [0.3, 0.4) is 0 Å². The molecule has 0 amide bonds. The fourth-order valence-corrected chi connectivity index (χ4v) is 4.24. The summed E-state index contributed by atoms with van der Waals surface area (Å²) in [6.07, 6.45) is -2.81. The van der Waals surface area contributed by atoms with Crippen LogP contribution in [0.25, 0.3) is 16.6 Å². The number of hydrogen-bond donors (Lipinski definition) is 4. The molecule has 0 saturated carbocycles. The topological polar surface area (TPSA) is 123 Å². The number of fused-ring (bicyclic) bond motifs is 1. The van der Waals surface area contributed by atoms with Crippen LogP contribution in [-0.4, -0.2) is 82.6 Å². The number of piperidine rings is 1. The van der Waals surface area contributed by atoms with Crippen molar-refractivity contribution in [2.45, 2.75) is 24.6 Å². The summed E-state index contributed by atoms with van der Waals surface area (Å²) in [6, 6.07) is 4.80. The summed E-state index contributed by atoms with van der Waals surface area (Å²) >= 11 is 0. The summed E-state index contributed by atoms with van der Waals surface area (Å²) in [6.45, 7) is -1.49. The number of rotatable bonds is 9.